The van der Waals surface area contributed by atoms with Gasteiger partial charge in [-0.3, -0.25) is 0 Å². The van der Waals surface area contributed by atoms with Crippen LogP contribution in [0.4, 0.5) is 0 Å². The Morgan fingerprint density at radius 1 is 1.00 bits per heavy atom. The fraction of sp³-hybridized carbons (Fsp3) is 0.500. The lowest BCUT2D eigenvalue weighted by molar-refractivity contribution is 0.843. The molecule has 0 heteroatoms. The first kappa shape index (κ1) is 9.31. The Hall–Kier alpha value is -0.780. The Morgan fingerprint density at radius 2 is 1.67 bits per heavy atom. The van der Waals surface area contributed by atoms with Crippen LogP contribution >= 0.6 is 0 Å². The Morgan fingerprint density at radius 3 is 2.00 bits per heavy atom. The van der Waals surface area contributed by atoms with Gasteiger partial charge in [0.2, 0.25) is 0 Å². The van der Waals surface area contributed by atoms with E-state index in [1.165, 1.54) is 11.1 Å². The Labute approximate surface area is 75.6 Å². The lowest BCUT2D eigenvalue weighted by Crippen LogP contribution is -1.90. The minimum Gasteiger partial charge on any atom is -0.0587 e. The summed E-state index contributed by atoms with van der Waals surface area (Å²) in [5.41, 5.74) is 2.68. The monoisotopic (exact) mass is 161 g/mol. The van der Waals surface area contributed by atoms with E-state index in [1.54, 1.807) is 0 Å². The van der Waals surface area contributed by atoms with Crippen LogP contribution in [-0.2, 0) is 0 Å². The average molecular weight is 161 g/mol. The number of hydrogen-bond acceptors (Lipinski definition) is 0. The number of hydrogen-bond donors (Lipinski definition) is 0. The molecule has 0 spiro atoms. The molecule has 0 aliphatic heterocycles. The van der Waals surface area contributed by atoms with Crippen LogP contribution in [0.3, 0.4) is 0 Å². The summed E-state index contributed by atoms with van der Waals surface area (Å²) in [6, 6.07) is 9.81. The maximum absolute atomic E-state index is 3.32. The number of rotatable bonds is 2. The van der Waals surface area contributed by atoms with Gasteiger partial charge in [-0.1, -0.05) is 45.9 Å². The molecule has 1 aromatic rings. The molecular weight excluding hydrogens is 144 g/mol. The van der Waals surface area contributed by atoms with Gasteiger partial charge in [0.1, 0.15) is 0 Å². The van der Waals surface area contributed by atoms with Crippen molar-refractivity contribution in [1.29, 1.82) is 0 Å². The molecule has 1 radical (unpaired) electrons. The Bertz CT molecular complexity index is 202. The Kier molecular flexibility index (Phi) is 2.91. The van der Waals surface area contributed by atoms with E-state index in [0.29, 0.717) is 11.8 Å². The van der Waals surface area contributed by atoms with Crippen molar-refractivity contribution in [2.75, 3.05) is 0 Å². The van der Waals surface area contributed by atoms with Gasteiger partial charge in [0.05, 0.1) is 0 Å². The van der Waals surface area contributed by atoms with Gasteiger partial charge in [-0.15, -0.1) is 0 Å². The minimum atomic E-state index is 0.589. The van der Waals surface area contributed by atoms with Crippen LogP contribution in [0.2, 0.25) is 0 Å². The molecule has 0 atom stereocenters. The summed E-state index contributed by atoms with van der Waals surface area (Å²) in [4.78, 5) is 0. The second-order valence-corrected chi connectivity index (χ2v) is 3.89. The van der Waals surface area contributed by atoms with E-state index in [4.69, 9.17) is 0 Å². The maximum atomic E-state index is 3.32. The molecule has 0 nitrogen and oxygen atoms in total. The minimum absolute atomic E-state index is 0.589. The smallest absolute Gasteiger partial charge is 0.0143 e. The van der Waals surface area contributed by atoms with Gasteiger partial charge in [-0.05, 0) is 29.0 Å². The van der Waals surface area contributed by atoms with Crippen LogP contribution in [-0.4, -0.2) is 0 Å². The van der Waals surface area contributed by atoms with E-state index in [0.717, 1.165) is 0 Å². The molecule has 0 aliphatic rings. The predicted molar refractivity (Wildman–Crippen MR) is 53.5 cm³/mol. The highest BCUT2D eigenvalue weighted by molar-refractivity contribution is 5.25. The largest absolute Gasteiger partial charge is 0.0587 e. The van der Waals surface area contributed by atoms with E-state index >= 15 is 0 Å². The summed E-state index contributed by atoms with van der Waals surface area (Å²) in [5, 5.41) is 0. The van der Waals surface area contributed by atoms with Crippen LogP contribution in [0, 0.1) is 6.07 Å². The lowest BCUT2D eigenvalue weighted by atomic mass is 9.97. The predicted octanol–water partition coefficient (Wildman–Crippen LogP) is 3.73. The average Bonchev–Trinajstić information content (AvgIpc) is 2.04. The molecule has 1 aromatic carbocycles. The van der Waals surface area contributed by atoms with Gasteiger partial charge in [-0.25, -0.2) is 0 Å². The SMILES string of the molecule is CC(C)c1[c]cc(C(C)C)cc1. The molecule has 0 saturated heterocycles. The van der Waals surface area contributed by atoms with Crippen LogP contribution in [0.1, 0.15) is 50.7 Å². The van der Waals surface area contributed by atoms with E-state index < -0.39 is 0 Å². The van der Waals surface area contributed by atoms with Crippen molar-refractivity contribution in [3.63, 3.8) is 0 Å². The van der Waals surface area contributed by atoms with Crippen molar-refractivity contribution in [3.05, 3.63) is 35.4 Å². The topological polar surface area (TPSA) is 0 Å². The molecule has 0 saturated carbocycles. The summed E-state index contributed by atoms with van der Waals surface area (Å²) in [5.74, 6) is 1.20. The maximum Gasteiger partial charge on any atom is -0.0143 e. The highest BCUT2D eigenvalue weighted by Crippen LogP contribution is 2.18. The van der Waals surface area contributed by atoms with Crippen molar-refractivity contribution in [2.45, 2.75) is 39.5 Å². The quantitative estimate of drug-likeness (QED) is 0.620. The fourth-order valence-corrected chi connectivity index (χ4v) is 1.17. The van der Waals surface area contributed by atoms with Crippen molar-refractivity contribution in [2.24, 2.45) is 0 Å². The van der Waals surface area contributed by atoms with Gasteiger partial charge in [0.25, 0.3) is 0 Å². The normalized spacial score (nSPS) is 11.2. The summed E-state index contributed by atoms with van der Waals surface area (Å²) in [6.45, 7) is 8.80. The second kappa shape index (κ2) is 3.75. The van der Waals surface area contributed by atoms with Gasteiger partial charge >= 0.3 is 0 Å². The van der Waals surface area contributed by atoms with Crippen molar-refractivity contribution >= 4 is 0 Å². The second-order valence-electron chi connectivity index (χ2n) is 3.89. The molecular formula is C12H17. The lowest BCUT2D eigenvalue weighted by Gasteiger charge is -2.08. The molecule has 0 fully saturated rings. The molecule has 1 rings (SSSR count). The van der Waals surface area contributed by atoms with Crippen molar-refractivity contribution in [1.82, 2.24) is 0 Å². The molecule has 0 amide bonds. The molecule has 12 heavy (non-hydrogen) atoms. The molecule has 0 heterocycles. The van der Waals surface area contributed by atoms with Gasteiger partial charge < -0.3 is 0 Å². The van der Waals surface area contributed by atoms with Crippen LogP contribution in [0.5, 0.6) is 0 Å². The van der Waals surface area contributed by atoms with Crippen LogP contribution in [0.25, 0.3) is 0 Å². The summed E-state index contributed by atoms with van der Waals surface area (Å²) >= 11 is 0. The van der Waals surface area contributed by atoms with Gasteiger partial charge in [0, 0.05) is 0 Å². The zero-order valence-electron chi connectivity index (χ0n) is 8.39. The van der Waals surface area contributed by atoms with E-state index in [-0.39, 0.29) is 0 Å². The first-order chi connectivity index (χ1) is 5.61. The molecule has 0 bridgehead atoms. The first-order valence-corrected chi connectivity index (χ1v) is 4.62. The molecule has 0 aliphatic carbocycles. The zero-order valence-corrected chi connectivity index (χ0v) is 8.39. The number of benzene rings is 1. The van der Waals surface area contributed by atoms with E-state index in [2.05, 4.69) is 52.0 Å². The van der Waals surface area contributed by atoms with Crippen LogP contribution < -0.4 is 0 Å². The zero-order chi connectivity index (χ0) is 9.14. The van der Waals surface area contributed by atoms with Crippen molar-refractivity contribution in [3.8, 4) is 0 Å². The third-order valence-electron chi connectivity index (χ3n) is 2.15. The van der Waals surface area contributed by atoms with Crippen molar-refractivity contribution < 1.29 is 0 Å². The summed E-state index contributed by atoms with van der Waals surface area (Å²) in [6.07, 6.45) is 0. The summed E-state index contributed by atoms with van der Waals surface area (Å²) in [7, 11) is 0. The molecule has 65 valence electrons. The standard InChI is InChI=1S/C12H17/c1-9(2)11-5-7-12(8-6-11)10(3)4/h5-7,9-10H,1-4H3. The van der Waals surface area contributed by atoms with E-state index in [1.807, 2.05) is 0 Å². The van der Waals surface area contributed by atoms with Crippen LogP contribution in [0.15, 0.2) is 18.2 Å². The van der Waals surface area contributed by atoms with Gasteiger partial charge in [-0.2, -0.15) is 0 Å². The molecule has 0 N–H and O–H groups in total. The summed E-state index contributed by atoms with van der Waals surface area (Å²) < 4.78 is 0. The highest BCUT2D eigenvalue weighted by atomic mass is 14.1. The van der Waals surface area contributed by atoms with E-state index in [9.17, 15) is 0 Å². The highest BCUT2D eigenvalue weighted by Gasteiger charge is 2.01. The third kappa shape index (κ3) is 2.10. The Balaban J connectivity index is 2.86. The van der Waals surface area contributed by atoms with Gasteiger partial charge in [0.15, 0.2) is 0 Å². The first-order valence-electron chi connectivity index (χ1n) is 4.62. The molecule has 0 aromatic heterocycles. The third-order valence-corrected chi connectivity index (χ3v) is 2.15. The fourth-order valence-electron chi connectivity index (χ4n) is 1.17. The molecule has 0 unspecified atom stereocenters.